The van der Waals surface area contributed by atoms with Crippen LogP contribution in [0, 0.1) is 11.8 Å². The minimum absolute atomic E-state index is 0. The van der Waals surface area contributed by atoms with Gasteiger partial charge in [0.2, 0.25) is 0 Å². The second-order valence-electron chi connectivity index (χ2n) is 14.0. The summed E-state index contributed by atoms with van der Waals surface area (Å²) < 4.78 is 21.7. The lowest BCUT2D eigenvalue weighted by atomic mass is 10.1. The summed E-state index contributed by atoms with van der Waals surface area (Å²) in [5, 5.41) is 28.7. The summed E-state index contributed by atoms with van der Waals surface area (Å²) in [6.45, 7) is 16.4. The van der Waals surface area contributed by atoms with Crippen molar-refractivity contribution in [3.8, 4) is 0 Å². The third kappa shape index (κ3) is 30.9. The fourth-order valence-corrected chi connectivity index (χ4v) is 21.9. The molecule has 2 unspecified atom stereocenters. The van der Waals surface area contributed by atoms with Gasteiger partial charge in [-0.3, -0.25) is 14.4 Å². The van der Waals surface area contributed by atoms with Gasteiger partial charge in [0.1, 0.15) is 0 Å². The molecule has 15 nitrogen and oxygen atoms in total. The van der Waals surface area contributed by atoms with E-state index in [4.69, 9.17) is 46.2 Å². The number of rotatable bonds is 23. The summed E-state index contributed by atoms with van der Waals surface area (Å²) in [7, 11) is -10.7. The van der Waals surface area contributed by atoms with Gasteiger partial charge in [-0.25, -0.2) is 0 Å². The summed E-state index contributed by atoms with van der Waals surface area (Å²) in [5.74, 6) is -3.19. The van der Waals surface area contributed by atoms with Gasteiger partial charge in [-0.1, -0.05) is 84.7 Å². The van der Waals surface area contributed by atoms with Gasteiger partial charge in [0.25, 0.3) is 0 Å². The predicted octanol–water partition coefficient (Wildman–Crippen LogP) is 6.67. The van der Waals surface area contributed by atoms with Gasteiger partial charge in [0.15, 0.2) is 25.0 Å². The molecule has 0 radical (unpaired) electrons. The zero-order chi connectivity index (χ0) is 41.0. The van der Waals surface area contributed by atoms with E-state index in [-0.39, 0.29) is 39.7 Å². The van der Waals surface area contributed by atoms with Crippen molar-refractivity contribution in [2.24, 2.45) is 11.8 Å². The molecule has 1 aromatic rings. The number of hydrogen-bond donors (Lipinski definition) is 3. The Morgan fingerprint density at radius 1 is 0.574 bits per heavy atom. The van der Waals surface area contributed by atoms with Crippen LogP contribution in [0.15, 0.2) is 30.3 Å². The standard InChI is InChI=1S/C30H56O9Si4.3CO2.2CH4/c1-25(29(33)34)17-15-23-41(5,6)38-43(27-19-11-9-12-20-27,37-40(3,4)22-14-10-13-21-28(31)32)39-42(7,8)24-16-18-26(2)30(35)36;3*2-1-3;;/h9,11-12,19-20,25-26H,10,13-18,21-24H2,1-8H3,(H,31,32)(H,33,34)(H,35,36);;;;2*1H4. The number of benzene rings is 1. The molecule has 3 N–H and O–H groups in total. The number of aliphatic carboxylic acids is 3. The van der Waals surface area contributed by atoms with E-state index in [1.165, 1.54) is 0 Å². The molecular formula is C35H64O15Si4. The number of carbonyl (C=O) groups excluding carboxylic acids is 6. The highest BCUT2D eigenvalue weighted by molar-refractivity contribution is 6.96. The topological polar surface area (TPSA) is 242 Å². The first-order valence-electron chi connectivity index (χ1n) is 16.9. The van der Waals surface area contributed by atoms with Crippen molar-refractivity contribution in [1.82, 2.24) is 0 Å². The molecule has 1 aromatic carbocycles. The fraction of sp³-hybridized carbons (Fsp3) is 0.657. The van der Waals surface area contributed by atoms with Gasteiger partial charge in [-0.2, -0.15) is 28.8 Å². The van der Waals surface area contributed by atoms with Gasteiger partial charge in [0, 0.05) is 11.6 Å². The summed E-state index contributed by atoms with van der Waals surface area (Å²) in [6, 6.07) is 12.3. The van der Waals surface area contributed by atoms with Gasteiger partial charge < -0.3 is 27.7 Å². The largest absolute Gasteiger partial charge is 0.505 e. The second kappa shape index (κ2) is 31.8. The Hall–Kier alpha value is -3.48. The second-order valence-corrected chi connectivity index (χ2v) is 30.2. The molecule has 0 aromatic heterocycles. The molecule has 0 aliphatic carbocycles. The van der Waals surface area contributed by atoms with Crippen molar-refractivity contribution in [1.29, 1.82) is 0 Å². The molecular weight excluding hydrogens is 773 g/mol. The Labute approximate surface area is 324 Å². The average Bonchev–Trinajstić information content (AvgIpc) is 3.01. The highest BCUT2D eigenvalue weighted by atomic mass is 28.5. The van der Waals surface area contributed by atoms with Crippen LogP contribution < -0.4 is 5.19 Å². The van der Waals surface area contributed by atoms with Gasteiger partial charge >= 0.3 is 45.2 Å². The molecule has 0 amide bonds. The molecule has 310 valence electrons. The van der Waals surface area contributed by atoms with Crippen LogP contribution >= 0.6 is 0 Å². The van der Waals surface area contributed by atoms with Gasteiger partial charge in [0.05, 0.1) is 11.8 Å². The monoisotopic (exact) mass is 836 g/mol. The Morgan fingerprint density at radius 3 is 1.19 bits per heavy atom. The van der Waals surface area contributed by atoms with E-state index in [0.717, 1.165) is 49.0 Å². The van der Waals surface area contributed by atoms with E-state index in [1.807, 2.05) is 30.3 Å². The molecule has 0 fully saturated rings. The van der Waals surface area contributed by atoms with Gasteiger partial charge in [-0.05, 0) is 76.7 Å². The van der Waals surface area contributed by atoms with Crippen molar-refractivity contribution < 1.29 is 70.8 Å². The van der Waals surface area contributed by atoms with E-state index in [1.54, 1.807) is 13.8 Å². The molecule has 0 aliphatic rings. The van der Waals surface area contributed by atoms with Crippen molar-refractivity contribution in [3.05, 3.63) is 30.3 Å². The lowest BCUT2D eigenvalue weighted by Crippen LogP contribution is -2.68. The molecule has 0 saturated heterocycles. The Kier molecular flexibility index (Phi) is 35.2. The minimum atomic E-state index is -3.50. The molecule has 1 rings (SSSR count). The summed E-state index contributed by atoms with van der Waals surface area (Å²) in [5.41, 5.74) is 0. The zero-order valence-electron chi connectivity index (χ0n) is 31.6. The maximum Gasteiger partial charge on any atom is 0.505 e. The van der Waals surface area contributed by atoms with Crippen LogP contribution in [0.2, 0.25) is 57.4 Å². The van der Waals surface area contributed by atoms with Crippen molar-refractivity contribution in [2.45, 2.75) is 137 Å². The van der Waals surface area contributed by atoms with E-state index >= 15 is 0 Å². The Morgan fingerprint density at radius 2 is 0.889 bits per heavy atom. The molecule has 0 heterocycles. The van der Waals surface area contributed by atoms with Crippen LogP contribution in [0.1, 0.15) is 80.1 Å². The summed E-state index contributed by atoms with van der Waals surface area (Å²) >= 11 is 0. The molecule has 0 saturated carbocycles. The third-order valence-corrected chi connectivity index (χ3v) is 23.3. The maximum atomic E-state index is 11.4. The molecule has 0 aliphatic heterocycles. The van der Waals surface area contributed by atoms with E-state index in [2.05, 4.69) is 39.3 Å². The molecule has 2 atom stereocenters. The predicted molar refractivity (Wildman–Crippen MR) is 209 cm³/mol. The first-order valence-corrected chi connectivity index (χ1v) is 27.9. The van der Waals surface area contributed by atoms with E-state index in [0.29, 0.717) is 19.3 Å². The molecule has 0 spiro atoms. The third-order valence-electron chi connectivity index (χ3n) is 7.70. The summed E-state index contributed by atoms with van der Waals surface area (Å²) in [6.07, 6.45) is 5.88. The zero-order valence-corrected chi connectivity index (χ0v) is 35.6. The first-order chi connectivity index (χ1) is 24.0. The number of carboxylic acids is 3. The maximum absolute atomic E-state index is 11.4. The lowest BCUT2D eigenvalue weighted by Gasteiger charge is -2.45. The Balaban J connectivity index is -0.000000658. The number of carboxylic acid groups (broad SMARTS) is 3. The SMILES string of the molecule is C.C.CC(CCC[Si](C)(C)O[Si](O[Si](C)(C)CCCCCC(=O)O)(O[Si](C)(C)CCCC(C)C(=O)O)c1ccccc1)C(=O)O.O=C=O.O=C=O.O=C=O. The van der Waals surface area contributed by atoms with Crippen molar-refractivity contribution in [2.75, 3.05) is 0 Å². The lowest BCUT2D eigenvalue weighted by molar-refractivity contribution is -0.193. The van der Waals surface area contributed by atoms with Crippen LogP contribution in [-0.4, -0.2) is 85.4 Å². The normalized spacial score (nSPS) is 12.7. The molecule has 0 bridgehead atoms. The Bertz CT molecular complexity index is 1220. The minimum Gasteiger partial charge on any atom is -0.481 e. The quantitative estimate of drug-likeness (QED) is 0.0770. The fourth-order valence-electron chi connectivity index (χ4n) is 5.04. The van der Waals surface area contributed by atoms with Crippen LogP contribution in [0.5, 0.6) is 0 Å². The van der Waals surface area contributed by atoms with Crippen LogP contribution in [0.4, 0.5) is 0 Å². The van der Waals surface area contributed by atoms with Crippen molar-refractivity contribution >= 4 is 75.3 Å². The van der Waals surface area contributed by atoms with Crippen LogP contribution in [-0.2, 0) is 55.5 Å². The number of carbonyl (C=O) groups is 3. The smallest absolute Gasteiger partial charge is 0.481 e. The van der Waals surface area contributed by atoms with E-state index < -0.39 is 63.5 Å². The first kappa shape index (κ1) is 59.8. The number of unbranched alkanes of at least 4 members (excludes halogenated alkanes) is 2. The highest BCUT2D eigenvalue weighted by Gasteiger charge is 2.54. The van der Waals surface area contributed by atoms with Crippen molar-refractivity contribution in [3.63, 3.8) is 0 Å². The van der Waals surface area contributed by atoms with Crippen LogP contribution in [0.3, 0.4) is 0 Å². The summed E-state index contributed by atoms with van der Waals surface area (Å²) in [4.78, 5) is 82.5. The number of hydrogen-bond acceptors (Lipinski definition) is 12. The molecule has 19 heteroatoms. The molecule has 54 heavy (non-hydrogen) atoms. The van der Waals surface area contributed by atoms with E-state index in [9.17, 15) is 24.6 Å². The highest BCUT2D eigenvalue weighted by Crippen LogP contribution is 2.32. The average molecular weight is 837 g/mol. The van der Waals surface area contributed by atoms with Crippen LogP contribution in [0.25, 0.3) is 0 Å². The van der Waals surface area contributed by atoms with Gasteiger partial charge in [-0.15, -0.1) is 0 Å².